The van der Waals surface area contributed by atoms with Crippen LogP contribution in [0, 0.1) is 20.8 Å². The summed E-state index contributed by atoms with van der Waals surface area (Å²) in [6, 6.07) is 4.60. The second kappa shape index (κ2) is 6.05. The molecule has 0 bridgehead atoms. The van der Waals surface area contributed by atoms with Crippen LogP contribution in [0.5, 0.6) is 0 Å². The van der Waals surface area contributed by atoms with Crippen LogP contribution in [-0.4, -0.2) is 6.54 Å². The SMILES string of the molecule is CCC(CCCN)c1c(C)cc(C)cc1C. The fraction of sp³-hybridized carbons (Fsp3) is 0.600. The number of nitrogens with two attached hydrogens (primary N) is 1. The maximum atomic E-state index is 5.61. The summed E-state index contributed by atoms with van der Waals surface area (Å²) in [5.74, 6) is 0.684. The molecule has 0 radical (unpaired) electrons. The largest absolute Gasteiger partial charge is 0.330 e. The predicted molar refractivity (Wildman–Crippen MR) is 72.0 cm³/mol. The van der Waals surface area contributed by atoms with Crippen molar-refractivity contribution in [2.24, 2.45) is 5.73 Å². The van der Waals surface area contributed by atoms with E-state index in [-0.39, 0.29) is 0 Å². The van der Waals surface area contributed by atoms with E-state index < -0.39 is 0 Å². The molecule has 0 amide bonds. The molecular formula is C15H25N. The first kappa shape index (κ1) is 13.2. The Morgan fingerprint density at radius 1 is 1.12 bits per heavy atom. The van der Waals surface area contributed by atoms with Crippen molar-refractivity contribution in [3.05, 3.63) is 34.4 Å². The fourth-order valence-corrected chi connectivity index (χ4v) is 2.75. The van der Waals surface area contributed by atoms with Gasteiger partial charge in [0.2, 0.25) is 0 Å². The third-order valence-electron chi connectivity index (χ3n) is 3.40. The highest BCUT2D eigenvalue weighted by Crippen LogP contribution is 2.30. The second-order valence-electron chi connectivity index (χ2n) is 4.85. The van der Waals surface area contributed by atoms with Gasteiger partial charge in [-0.3, -0.25) is 0 Å². The van der Waals surface area contributed by atoms with Crippen LogP contribution in [-0.2, 0) is 0 Å². The lowest BCUT2D eigenvalue weighted by Crippen LogP contribution is -2.07. The van der Waals surface area contributed by atoms with E-state index in [1.54, 1.807) is 5.56 Å². The standard InChI is InChI=1S/C15H25N/c1-5-14(7-6-8-16)15-12(3)9-11(2)10-13(15)4/h9-10,14H,5-8,16H2,1-4H3. The first-order valence-electron chi connectivity index (χ1n) is 6.38. The quantitative estimate of drug-likeness (QED) is 0.800. The van der Waals surface area contributed by atoms with Gasteiger partial charge in [0.25, 0.3) is 0 Å². The number of hydrogen-bond acceptors (Lipinski definition) is 1. The predicted octanol–water partition coefficient (Wildman–Crippen LogP) is 3.84. The normalized spacial score (nSPS) is 12.8. The summed E-state index contributed by atoms with van der Waals surface area (Å²) in [5, 5.41) is 0. The summed E-state index contributed by atoms with van der Waals surface area (Å²) in [5.41, 5.74) is 11.4. The van der Waals surface area contributed by atoms with Gasteiger partial charge in [0.15, 0.2) is 0 Å². The molecule has 1 unspecified atom stereocenters. The van der Waals surface area contributed by atoms with E-state index in [2.05, 4.69) is 39.8 Å². The Hall–Kier alpha value is -0.820. The van der Waals surface area contributed by atoms with Gasteiger partial charge in [-0.05, 0) is 69.2 Å². The average Bonchev–Trinajstić information content (AvgIpc) is 2.21. The fourth-order valence-electron chi connectivity index (χ4n) is 2.75. The highest BCUT2D eigenvalue weighted by atomic mass is 14.5. The van der Waals surface area contributed by atoms with E-state index in [0.29, 0.717) is 5.92 Å². The Balaban J connectivity index is 2.99. The molecule has 0 saturated carbocycles. The van der Waals surface area contributed by atoms with Crippen LogP contribution in [0.3, 0.4) is 0 Å². The molecular weight excluding hydrogens is 194 g/mol. The van der Waals surface area contributed by atoms with E-state index in [9.17, 15) is 0 Å². The molecule has 16 heavy (non-hydrogen) atoms. The minimum Gasteiger partial charge on any atom is -0.330 e. The Morgan fingerprint density at radius 3 is 2.12 bits per heavy atom. The molecule has 0 aromatic heterocycles. The van der Waals surface area contributed by atoms with Crippen LogP contribution in [0.2, 0.25) is 0 Å². The van der Waals surface area contributed by atoms with Crippen LogP contribution in [0.25, 0.3) is 0 Å². The van der Waals surface area contributed by atoms with Crippen molar-refractivity contribution in [3.63, 3.8) is 0 Å². The summed E-state index contributed by atoms with van der Waals surface area (Å²) >= 11 is 0. The summed E-state index contributed by atoms with van der Waals surface area (Å²) in [4.78, 5) is 0. The van der Waals surface area contributed by atoms with E-state index in [0.717, 1.165) is 13.0 Å². The zero-order valence-electron chi connectivity index (χ0n) is 11.1. The van der Waals surface area contributed by atoms with Gasteiger partial charge in [-0.25, -0.2) is 0 Å². The molecule has 0 saturated heterocycles. The maximum absolute atomic E-state index is 5.61. The molecule has 0 aliphatic carbocycles. The molecule has 1 aromatic rings. The van der Waals surface area contributed by atoms with Gasteiger partial charge in [-0.1, -0.05) is 24.6 Å². The van der Waals surface area contributed by atoms with Crippen molar-refractivity contribution in [3.8, 4) is 0 Å². The van der Waals surface area contributed by atoms with Crippen molar-refractivity contribution < 1.29 is 0 Å². The van der Waals surface area contributed by atoms with Gasteiger partial charge in [-0.2, -0.15) is 0 Å². The summed E-state index contributed by atoms with van der Waals surface area (Å²) in [6.07, 6.45) is 3.56. The summed E-state index contributed by atoms with van der Waals surface area (Å²) in [6.45, 7) is 9.73. The first-order valence-corrected chi connectivity index (χ1v) is 6.38. The van der Waals surface area contributed by atoms with E-state index >= 15 is 0 Å². The van der Waals surface area contributed by atoms with Gasteiger partial charge < -0.3 is 5.73 Å². The molecule has 0 spiro atoms. The van der Waals surface area contributed by atoms with Crippen molar-refractivity contribution in [2.45, 2.75) is 52.9 Å². The molecule has 1 heteroatoms. The number of rotatable bonds is 5. The molecule has 1 rings (SSSR count). The average molecular weight is 219 g/mol. The molecule has 0 aliphatic heterocycles. The highest BCUT2D eigenvalue weighted by molar-refractivity contribution is 5.39. The Bertz CT molecular complexity index is 318. The number of benzene rings is 1. The molecule has 2 N–H and O–H groups in total. The third kappa shape index (κ3) is 3.08. The minimum absolute atomic E-state index is 0.684. The summed E-state index contributed by atoms with van der Waals surface area (Å²) in [7, 11) is 0. The van der Waals surface area contributed by atoms with Crippen molar-refractivity contribution in [1.82, 2.24) is 0 Å². The molecule has 0 aliphatic rings. The van der Waals surface area contributed by atoms with Gasteiger partial charge >= 0.3 is 0 Å². The molecule has 0 fully saturated rings. The molecule has 90 valence electrons. The number of aryl methyl sites for hydroxylation is 3. The van der Waals surface area contributed by atoms with E-state index in [1.165, 1.54) is 29.5 Å². The van der Waals surface area contributed by atoms with Gasteiger partial charge in [-0.15, -0.1) is 0 Å². The smallest absolute Gasteiger partial charge is 0.00771 e. The first-order chi connectivity index (χ1) is 7.60. The molecule has 1 atom stereocenters. The topological polar surface area (TPSA) is 26.0 Å². The molecule has 0 heterocycles. The second-order valence-corrected chi connectivity index (χ2v) is 4.85. The number of hydrogen-bond donors (Lipinski definition) is 1. The van der Waals surface area contributed by atoms with E-state index in [1.807, 2.05) is 0 Å². The lowest BCUT2D eigenvalue weighted by Gasteiger charge is -2.20. The Morgan fingerprint density at radius 2 is 1.69 bits per heavy atom. The third-order valence-corrected chi connectivity index (χ3v) is 3.40. The summed E-state index contributed by atoms with van der Waals surface area (Å²) < 4.78 is 0. The van der Waals surface area contributed by atoms with Crippen LogP contribution >= 0.6 is 0 Å². The van der Waals surface area contributed by atoms with Crippen LogP contribution in [0.15, 0.2) is 12.1 Å². The monoisotopic (exact) mass is 219 g/mol. The zero-order valence-corrected chi connectivity index (χ0v) is 11.1. The minimum atomic E-state index is 0.684. The lowest BCUT2D eigenvalue weighted by molar-refractivity contribution is 0.576. The van der Waals surface area contributed by atoms with Gasteiger partial charge in [0, 0.05) is 0 Å². The Labute approximate surface area is 100 Å². The highest BCUT2D eigenvalue weighted by Gasteiger charge is 2.14. The van der Waals surface area contributed by atoms with Crippen molar-refractivity contribution in [1.29, 1.82) is 0 Å². The van der Waals surface area contributed by atoms with Crippen molar-refractivity contribution in [2.75, 3.05) is 6.54 Å². The van der Waals surface area contributed by atoms with Crippen LogP contribution < -0.4 is 5.73 Å². The van der Waals surface area contributed by atoms with Gasteiger partial charge in [0.1, 0.15) is 0 Å². The maximum Gasteiger partial charge on any atom is -0.00771 e. The van der Waals surface area contributed by atoms with Gasteiger partial charge in [0.05, 0.1) is 0 Å². The zero-order chi connectivity index (χ0) is 12.1. The molecule has 1 nitrogen and oxygen atoms in total. The van der Waals surface area contributed by atoms with Crippen LogP contribution in [0.4, 0.5) is 0 Å². The molecule has 1 aromatic carbocycles. The van der Waals surface area contributed by atoms with E-state index in [4.69, 9.17) is 5.73 Å². The lowest BCUT2D eigenvalue weighted by atomic mass is 9.85. The Kier molecular flexibility index (Phi) is 5.01. The van der Waals surface area contributed by atoms with Crippen LogP contribution in [0.1, 0.15) is 54.4 Å². The van der Waals surface area contributed by atoms with Crippen molar-refractivity contribution >= 4 is 0 Å².